The van der Waals surface area contributed by atoms with Crippen LogP contribution in [-0.2, 0) is 33.0 Å². The smallest absolute Gasteiger partial charge is 0.193 e. The second-order valence-corrected chi connectivity index (χ2v) is 7.19. The zero-order chi connectivity index (χ0) is 19.1. The summed E-state index contributed by atoms with van der Waals surface area (Å²) in [6.45, 7) is 5.91. The SMILES string of the molecule is CCc1nn(C)c(CC)c1CNC(=NC)N(C)Cc1ccc(SC)cc1. The predicted molar refractivity (Wildman–Crippen MR) is 112 cm³/mol. The molecule has 0 amide bonds. The van der Waals surface area contributed by atoms with Gasteiger partial charge in [0.05, 0.1) is 5.69 Å². The highest BCUT2D eigenvalue weighted by molar-refractivity contribution is 7.98. The van der Waals surface area contributed by atoms with Gasteiger partial charge in [0.25, 0.3) is 0 Å². The highest BCUT2D eigenvalue weighted by atomic mass is 32.2. The van der Waals surface area contributed by atoms with Gasteiger partial charge in [-0.25, -0.2) is 0 Å². The highest BCUT2D eigenvalue weighted by Gasteiger charge is 2.15. The summed E-state index contributed by atoms with van der Waals surface area (Å²) in [4.78, 5) is 7.89. The molecule has 1 aromatic heterocycles. The molecule has 0 saturated carbocycles. The third kappa shape index (κ3) is 4.81. The molecule has 26 heavy (non-hydrogen) atoms. The first-order chi connectivity index (χ1) is 12.5. The Bertz CT molecular complexity index is 733. The molecule has 0 spiro atoms. The first kappa shape index (κ1) is 20.4. The van der Waals surface area contributed by atoms with E-state index in [4.69, 9.17) is 0 Å². The molecular formula is C20H31N5S. The van der Waals surface area contributed by atoms with Crippen molar-refractivity contribution in [3.05, 3.63) is 46.8 Å². The molecule has 0 atom stereocenters. The average molecular weight is 374 g/mol. The number of hydrogen-bond acceptors (Lipinski definition) is 3. The standard InChI is InChI=1S/C20H31N5S/c1-7-18-17(19(8-2)25(5)23-18)13-22-20(21-3)24(4)14-15-9-11-16(26-6)12-10-15/h9-12H,7-8,13-14H2,1-6H3,(H,21,22). The predicted octanol–water partition coefficient (Wildman–Crippen LogP) is 3.47. The van der Waals surface area contributed by atoms with E-state index in [1.165, 1.54) is 27.4 Å². The van der Waals surface area contributed by atoms with Crippen molar-refractivity contribution in [3.8, 4) is 0 Å². The van der Waals surface area contributed by atoms with Crippen molar-refractivity contribution in [2.24, 2.45) is 12.0 Å². The van der Waals surface area contributed by atoms with Crippen molar-refractivity contribution in [2.45, 2.75) is 44.7 Å². The number of hydrogen-bond donors (Lipinski definition) is 1. The maximum atomic E-state index is 4.65. The van der Waals surface area contributed by atoms with E-state index in [1.807, 2.05) is 18.8 Å². The summed E-state index contributed by atoms with van der Waals surface area (Å²) in [5.41, 5.74) is 5.04. The summed E-state index contributed by atoms with van der Waals surface area (Å²) >= 11 is 1.76. The maximum absolute atomic E-state index is 4.65. The third-order valence-corrected chi connectivity index (χ3v) is 5.35. The first-order valence-corrected chi connectivity index (χ1v) is 10.3. The van der Waals surface area contributed by atoms with E-state index in [-0.39, 0.29) is 0 Å². The second-order valence-electron chi connectivity index (χ2n) is 6.31. The lowest BCUT2D eigenvalue weighted by atomic mass is 10.1. The monoisotopic (exact) mass is 373 g/mol. The summed E-state index contributed by atoms with van der Waals surface area (Å²) in [7, 11) is 5.93. The lowest BCUT2D eigenvalue weighted by Crippen LogP contribution is -2.38. The maximum Gasteiger partial charge on any atom is 0.193 e. The summed E-state index contributed by atoms with van der Waals surface area (Å²) in [5, 5.41) is 8.16. The Balaban J connectivity index is 2.05. The molecule has 6 heteroatoms. The number of nitrogens with zero attached hydrogens (tertiary/aromatic N) is 4. The molecule has 0 aliphatic rings. The van der Waals surface area contributed by atoms with Gasteiger partial charge in [0, 0.05) is 50.4 Å². The molecule has 1 aromatic carbocycles. The topological polar surface area (TPSA) is 45.5 Å². The van der Waals surface area contributed by atoms with Crippen molar-refractivity contribution < 1.29 is 0 Å². The summed E-state index contributed by atoms with van der Waals surface area (Å²) in [6, 6.07) is 8.70. The van der Waals surface area contributed by atoms with Crippen LogP contribution in [0.3, 0.4) is 0 Å². The van der Waals surface area contributed by atoms with Crippen LogP contribution in [0, 0.1) is 0 Å². The van der Waals surface area contributed by atoms with E-state index in [9.17, 15) is 0 Å². The number of aromatic nitrogens is 2. The van der Waals surface area contributed by atoms with Crippen molar-refractivity contribution in [2.75, 3.05) is 20.4 Å². The van der Waals surface area contributed by atoms with Crippen LogP contribution in [-0.4, -0.2) is 41.0 Å². The van der Waals surface area contributed by atoms with E-state index in [0.29, 0.717) is 0 Å². The van der Waals surface area contributed by atoms with Gasteiger partial charge in [0.15, 0.2) is 5.96 Å². The van der Waals surface area contributed by atoms with Crippen LogP contribution >= 0.6 is 11.8 Å². The van der Waals surface area contributed by atoms with E-state index >= 15 is 0 Å². The Morgan fingerprint density at radius 2 is 1.92 bits per heavy atom. The van der Waals surface area contributed by atoms with Gasteiger partial charge in [0.1, 0.15) is 0 Å². The molecule has 0 aliphatic heterocycles. The Morgan fingerprint density at radius 1 is 1.23 bits per heavy atom. The van der Waals surface area contributed by atoms with Gasteiger partial charge in [-0.2, -0.15) is 5.10 Å². The summed E-state index contributed by atoms with van der Waals surface area (Å²) in [6.07, 6.45) is 4.03. The van der Waals surface area contributed by atoms with Crippen molar-refractivity contribution in [1.82, 2.24) is 20.0 Å². The molecule has 0 fully saturated rings. The van der Waals surface area contributed by atoms with Crippen LogP contribution in [0.4, 0.5) is 0 Å². The van der Waals surface area contributed by atoms with Gasteiger partial charge >= 0.3 is 0 Å². The Kier molecular flexibility index (Phi) is 7.57. The molecule has 0 unspecified atom stereocenters. The van der Waals surface area contributed by atoms with Gasteiger partial charge in [-0.05, 0) is 36.8 Å². The zero-order valence-corrected chi connectivity index (χ0v) is 17.7. The largest absolute Gasteiger partial charge is 0.352 e. The summed E-state index contributed by atoms with van der Waals surface area (Å²) in [5.74, 6) is 0.895. The van der Waals surface area contributed by atoms with Gasteiger partial charge in [0.2, 0.25) is 0 Å². The van der Waals surface area contributed by atoms with Gasteiger partial charge in [-0.3, -0.25) is 9.67 Å². The Hall–Kier alpha value is -1.95. The van der Waals surface area contributed by atoms with Crippen molar-refractivity contribution in [1.29, 1.82) is 0 Å². The zero-order valence-electron chi connectivity index (χ0n) is 16.8. The van der Waals surface area contributed by atoms with Crippen LogP contribution < -0.4 is 5.32 Å². The quantitative estimate of drug-likeness (QED) is 0.459. The van der Waals surface area contributed by atoms with Crippen LogP contribution in [0.1, 0.15) is 36.4 Å². The Labute approximate surface area is 161 Å². The van der Waals surface area contributed by atoms with E-state index in [0.717, 1.165) is 31.9 Å². The molecule has 2 aromatic rings. The fourth-order valence-electron chi connectivity index (χ4n) is 3.23. The number of benzene rings is 1. The van der Waals surface area contributed by atoms with Crippen molar-refractivity contribution in [3.63, 3.8) is 0 Å². The molecule has 5 nitrogen and oxygen atoms in total. The number of guanidine groups is 1. The minimum absolute atomic E-state index is 0.753. The van der Waals surface area contributed by atoms with Crippen LogP contribution in [0.5, 0.6) is 0 Å². The van der Waals surface area contributed by atoms with Gasteiger partial charge in [-0.1, -0.05) is 26.0 Å². The van der Waals surface area contributed by atoms with Crippen LogP contribution in [0.2, 0.25) is 0 Å². The molecule has 1 N–H and O–H groups in total. The number of nitrogens with one attached hydrogen (secondary N) is 1. The van der Waals surface area contributed by atoms with Gasteiger partial charge < -0.3 is 10.2 Å². The van der Waals surface area contributed by atoms with Crippen molar-refractivity contribution >= 4 is 17.7 Å². The minimum atomic E-state index is 0.753. The van der Waals surface area contributed by atoms with E-state index < -0.39 is 0 Å². The summed E-state index contributed by atoms with van der Waals surface area (Å²) < 4.78 is 2.01. The van der Waals surface area contributed by atoms with Gasteiger partial charge in [-0.15, -0.1) is 11.8 Å². The minimum Gasteiger partial charge on any atom is -0.352 e. The van der Waals surface area contributed by atoms with E-state index in [1.54, 1.807) is 11.8 Å². The van der Waals surface area contributed by atoms with E-state index in [2.05, 4.69) is 71.7 Å². The molecule has 0 saturated heterocycles. The second kappa shape index (κ2) is 9.67. The van der Waals surface area contributed by atoms with Crippen LogP contribution in [0.15, 0.2) is 34.2 Å². The average Bonchev–Trinajstić information content (AvgIpc) is 2.97. The van der Waals surface area contributed by atoms with Crippen LogP contribution in [0.25, 0.3) is 0 Å². The molecule has 1 heterocycles. The molecule has 0 aliphatic carbocycles. The normalized spacial score (nSPS) is 11.7. The number of rotatable bonds is 7. The highest BCUT2D eigenvalue weighted by Crippen LogP contribution is 2.17. The lowest BCUT2D eigenvalue weighted by molar-refractivity contribution is 0.476. The third-order valence-electron chi connectivity index (χ3n) is 4.60. The number of thioether (sulfide) groups is 1. The fraction of sp³-hybridized carbons (Fsp3) is 0.500. The molecule has 142 valence electrons. The lowest BCUT2D eigenvalue weighted by Gasteiger charge is -2.22. The molecule has 2 rings (SSSR count). The number of aryl methyl sites for hydroxylation is 2. The first-order valence-electron chi connectivity index (χ1n) is 9.12. The molecule has 0 bridgehead atoms. The fourth-order valence-corrected chi connectivity index (χ4v) is 3.63. The molecular weight excluding hydrogens is 342 g/mol. The Morgan fingerprint density at radius 3 is 2.46 bits per heavy atom. The molecule has 0 radical (unpaired) electrons. The number of aliphatic imine (C=N–C) groups is 1.